The van der Waals surface area contributed by atoms with Gasteiger partial charge in [0.05, 0.1) is 12.1 Å². The summed E-state index contributed by atoms with van der Waals surface area (Å²) in [5.41, 5.74) is 1.89. The van der Waals surface area contributed by atoms with Crippen LogP contribution in [0.15, 0.2) is 24.3 Å². The minimum atomic E-state index is -1.11. The Hall–Kier alpha value is -1.55. The van der Waals surface area contributed by atoms with Crippen LogP contribution >= 0.6 is 0 Å². The summed E-state index contributed by atoms with van der Waals surface area (Å²) in [6.07, 6.45) is -1.24. The molecule has 14 heavy (non-hydrogen) atoms. The van der Waals surface area contributed by atoms with E-state index in [9.17, 15) is 9.90 Å². The second-order valence-electron chi connectivity index (χ2n) is 3.40. The zero-order valence-electron chi connectivity index (χ0n) is 7.47. The molecule has 74 valence electrons. The molecule has 0 unspecified atom stereocenters. The highest BCUT2D eigenvalue weighted by atomic mass is 16.4. The van der Waals surface area contributed by atoms with E-state index >= 15 is 0 Å². The number of carboxylic acid groups (broad SMARTS) is 1. The van der Waals surface area contributed by atoms with Crippen LogP contribution in [-0.2, 0) is 6.42 Å². The van der Waals surface area contributed by atoms with Gasteiger partial charge in [0.15, 0.2) is 0 Å². The number of hydrogen-bond donors (Lipinski definition) is 3. The Morgan fingerprint density at radius 3 is 2.86 bits per heavy atom. The molecule has 0 bridgehead atoms. The lowest BCUT2D eigenvalue weighted by Gasteiger charge is -2.15. The van der Waals surface area contributed by atoms with E-state index in [1.54, 1.807) is 0 Å². The predicted molar refractivity (Wildman–Crippen MR) is 50.1 cm³/mol. The number of aliphatic hydroxyl groups excluding tert-OH is 1. The number of carbonyl (C=O) groups is 1. The number of fused-ring (bicyclic) bond motifs is 1. The van der Waals surface area contributed by atoms with Crippen molar-refractivity contribution in [2.75, 3.05) is 0 Å². The summed E-state index contributed by atoms with van der Waals surface area (Å²) in [6.45, 7) is 0. The third-order valence-corrected chi connectivity index (χ3v) is 2.48. The molecule has 0 fully saturated rings. The smallest absolute Gasteiger partial charge is 0.405 e. The summed E-state index contributed by atoms with van der Waals surface area (Å²) >= 11 is 0. The molecule has 2 atom stereocenters. The summed E-state index contributed by atoms with van der Waals surface area (Å²) < 4.78 is 0. The van der Waals surface area contributed by atoms with E-state index in [2.05, 4.69) is 5.32 Å². The van der Waals surface area contributed by atoms with Crippen molar-refractivity contribution < 1.29 is 15.0 Å². The zero-order chi connectivity index (χ0) is 10.1. The van der Waals surface area contributed by atoms with Gasteiger partial charge in [0.25, 0.3) is 0 Å². The summed E-state index contributed by atoms with van der Waals surface area (Å²) in [7, 11) is 0. The highest BCUT2D eigenvalue weighted by molar-refractivity contribution is 5.66. The highest BCUT2D eigenvalue weighted by Crippen LogP contribution is 2.30. The normalized spacial score (nSPS) is 24.4. The van der Waals surface area contributed by atoms with Crippen molar-refractivity contribution in [1.82, 2.24) is 5.32 Å². The number of rotatable bonds is 1. The summed E-state index contributed by atoms with van der Waals surface area (Å²) in [5, 5.41) is 20.5. The van der Waals surface area contributed by atoms with Crippen LogP contribution in [0.5, 0.6) is 0 Å². The number of nitrogens with one attached hydrogen (secondary N) is 1. The fourth-order valence-electron chi connectivity index (χ4n) is 1.88. The van der Waals surface area contributed by atoms with Crippen LogP contribution in [0.1, 0.15) is 17.2 Å². The molecule has 1 aromatic rings. The van der Waals surface area contributed by atoms with E-state index in [4.69, 9.17) is 5.11 Å². The standard InChI is InChI=1S/C10H11NO3/c12-8-5-6-3-1-2-4-7(6)9(8)11-10(13)14/h1-4,8-9,11-12H,5H2,(H,13,14)/t8-,9+/m0/s1. The van der Waals surface area contributed by atoms with Crippen LogP contribution in [-0.4, -0.2) is 22.4 Å². The molecule has 1 amide bonds. The van der Waals surface area contributed by atoms with Gasteiger partial charge in [0, 0.05) is 6.42 Å². The quantitative estimate of drug-likeness (QED) is 0.621. The first-order chi connectivity index (χ1) is 6.68. The third kappa shape index (κ3) is 1.44. The zero-order valence-corrected chi connectivity index (χ0v) is 7.47. The highest BCUT2D eigenvalue weighted by Gasteiger charge is 2.31. The molecule has 0 heterocycles. The second-order valence-corrected chi connectivity index (χ2v) is 3.40. The van der Waals surface area contributed by atoms with Gasteiger partial charge >= 0.3 is 6.09 Å². The Labute approximate surface area is 81.2 Å². The Kier molecular flexibility index (Phi) is 2.13. The fourth-order valence-corrected chi connectivity index (χ4v) is 1.88. The largest absolute Gasteiger partial charge is 0.465 e. The van der Waals surface area contributed by atoms with Crippen molar-refractivity contribution >= 4 is 6.09 Å². The van der Waals surface area contributed by atoms with Gasteiger partial charge in [0.2, 0.25) is 0 Å². The lowest BCUT2D eigenvalue weighted by Crippen LogP contribution is -2.32. The average molecular weight is 193 g/mol. The molecule has 0 aliphatic heterocycles. The van der Waals surface area contributed by atoms with Crippen molar-refractivity contribution in [3.63, 3.8) is 0 Å². The summed E-state index contributed by atoms with van der Waals surface area (Å²) in [5.74, 6) is 0. The first-order valence-electron chi connectivity index (χ1n) is 4.44. The van der Waals surface area contributed by atoms with Crippen molar-refractivity contribution in [1.29, 1.82) is 0 Å². The molecule has 0 radical (unpaired) electrons. The second kappa shape index (κ2) is 3.31. The van der Waals surface area contributed by atoms with Crippen LogP contribution in [0.25, 0.3) is 0 Å². The number of benzene rings is 1. The van der Waals surface area contributed by atoms with E-state index in [0.29, 0.717) is 6.42 Å². The van der Waals surface area contributed by atoms with Crippen molar-refractivity contribution in [2.24, 2.45) is 0 Å². The molecular formula is C10H11NO3. The Bertz CT molecular complexity index is 364. The molecule has 1 aliphatic carbocycles. The number of aliphatic hydroxyl groups is 1. The first-order valence-corrected chi connectivity index (χ1v) is 4.44. The van der Waals surface area contributed by atoms with Crippen molar-refractivity contribution in [3.8, 4) is 0 Å². The minimum absolute atomic E-state index is 0.483. The van der Waals surface area contributed by atoms with E-state index in [0.717, 1.165) is 11.1 Å². The Morgan fingerprint density at radius 1 is 1.43 bits per heavy atom. The molecule has 0 spiro atoms. The monoisotopic (exact) mass is 193 g/mol. The van der Waals surface area contributed by atoms with Gasteiger partial charge in [-0.25, -0.2) is 4.79 Å². The molecule has 4 heteroatoms. The molecule has 2 rings (SSSR count). The Morgan fingerprint density at radius 2 is 2.14 bits per heavy atom. The SMILES string of the molecule is O=C(O)N[C@@H]1c2ccccc2C[C@@H]1O. The fraction of sp³-hybridized carbons (Fsp3) is 0.300. The van der Waals surface area contributed by atoms with Crippen molar-refractivity contribution in [2.45, 2.75) is 18.6 Å². The Balaban J connectivity index is 2.30. The predicted octanol–water partition coefficient (Wildman–Crippen LogP) is 0.912. The van der Waals surface area contributed by atoms with E-state index in [1.165, 1.54) is 0 Å². The van der Waals surface area contributed by atoms with Gasteiger partial charge in [-0.05, 0) is 11.1 Å². The van der Waals surface area contributed by atoms with Crippen LogP contribution in [0.4, 0.5) is 4.79 Å². The maximum absolute atomic E-state index is 10.5. The lowest BCUT2D eigenvalue weighted by molar-refractivity contribution is 0.131. The molecule has 3 N–H and O–H groups in total. The molecule has 1 aromatic carbocycles. The van der Waals surface area contributed by atoms with Crippen LogP contribution in [0, 0.1) is 0 Å². The van der Waals surface area contributed by atoms with Crippen LogP contribution in [0.3, 0.4) is 0 Å². The molecule has 0 saturated heterocycles. The number of amides is 1. The molecule has 0 saturated carbocycles. The molecule has 0 aromatic heterocycles. The lowest BCUT2D eigenvalue weighted by atomic mass is 10.1. The van der Waals surface area contributed by atoms with Gasteiger partial charge in [-0.2, -0.15) is 0 Å². The maximum atomic E-state index is 10.5. The topological polar surface area (TPSA) is 69.6 Å². The molecule has 4 nitrogen and oxygen atoms in total. The van der Waals surface area contributed by atoms with Crippen molar-refractivity contribution in [3.05, 3.63) is 35.4 Å². The van der Waals surface area contributed by atoms with Gasteiger partial charge < -0.3 is 15.5 Å². The third-order valence-electron chi connectivity index (χ3n) is 2.48. The van der Waals surface area contributed by atoms with Crippen LogP contribution in [0.2, 0.25) is 0 Å². The average Bonchev–Trinajstić information content (AvgIpc) is 2.43. The van der Waals surface area contributed by atoms with E-state index in [1.807, 2.05) is 24.3 Å². The number of hydrogen-bond acceptors (Lipinski definition) is 2. The molecule has 1 aliphatic rings. The van der Waals surface area contributed by atoms with Crippen LogP contribution < -0.4 is 5.32 Å². The van der Waals surface area contributed by atoms with Gasteiger partial charge in [-0.3, -0.25) is 0 Å². The molecular weight excluding hydrogens is 182 g/mol. The maximum Gasteiger partial charge on any atom is 0.405 e. The van der Waals surface area contributed by atoms with E-state index < -0.39 is 18.2 Å². The minimum Gasteiger partial charge on any atom is -0.465 e. The van der Waals surface area contributed by atoms with E-state index in [-0.39, 0.29) is 0 Å². The van der Waals surface area contributed by atoms with Gasteiger partial charge in [-0.1, -0.05) is 24.3 Å². The van der Waals surface area contributed by atoms with Gasteiger partial charge in [-0.15, -0.1) is 0 Å². The summed E-state index contributed by atoms with van der Waals surface area (Å²) in [6, 6.07) is 6.99. The summed E-state index contributed by atoms with van der Waals surface area (Å²) in [4.78, 5) is 10.5. The van der Waals surface area contributed by atoms with Gasteiger partial charge in [0.1, 0.15) is 0 Å². The first kappa shape index (κ1) is 9.02.